The van der Waals surface area contributed by atoms with E-state index in [0.717, 1.165) is 47.2 Å². The first-order valence-corrected chi connectivity index (χ1v) is 8.82. The molecule has 0 amide bonds. The zero-order valence-electron chi connectivity index (χ0n) is 14.9. The van der Waals surface area contributed by atoms with E-state index >= 15 is 0 Å². The van der Waals surface area contributed by atoms with Crippen molar-refractivity contribution in [1.82, 2.24) is 19.2 Å². The smallest absolute Gasteiger partial charge is 0.261 e. The summed E-state index contributed by atoms with van der Waals surface area (Å²) < 4.78 is 3.53. The van der Waals surface area contributed by atoms with Crippen molar-refractivity contribution in [3.05, 3.63) is 58.6 Å². The van der Waals surface area contributed by atoms with Crippen LogP contribution in [0.1, 0.15) is 25.5 Å². The maximum absolute atomic E-state index is 12.8. The second-order valence-corrected chi connectivity index (χ2v) is 6.58. The van der Waals surface area contributed by atoms with E-state index in [1.807, 2.05) is 34.8 Å². The van der Waals surface area contributed by atoms with E-state index in [2.05, 4.69) is 11.9 Å². The third-order valence-electron chi connectivity index (χ3n) is 4.75. The Balaban J connectivity index is 1.96. The van der Waals surface area contributed by atoms with E-state index in [0.29, 0.717) is 11.2 Å². The molecule has 6 heteroatoms. The summed E-state index contributed by atoms with van der Waals surface area (Å²) in [6, 6.07) is 11.5. The van der Waals surface area contributed by atoms with E-state index in [4.69, 9.17) is 10.8 Å². The normalized spacial score (nSPS) is 11.5. The lowest BCUT2D eigenvalue weighted by Gasteiger charge is -2.08. The molecule has 0 aliphatic heterocycles. The van der Waals surface area contributed by atoms with Crippen molar-refractivity contribution in [2.45, 2.75) is 26.2 Å². The minimum absolute atomic E-state index is 0.0172. The average molecular weight is 347 g/mol. The minimum Gasteiger partial charge on any atom is -0.384 e. The van der Waals surface area contributed by atoms with Gasteiger partial charge in [0, 0.05) is 24.9 Å². The highest BCUT2D eigenvalue weighted by Gasteiger charge is 2.13. The molecule has 0 aliphatic carbocycles. The van der Waals surface area contributed by atoms with Gasteiger partial charge in [-0.15, -0.1) is 0 Å². The van der Waals surface area contributed by atoms with Crippen LogP contribution >= 0.6 is 0 Å². The van der Waals surface area contributed by atoms with Gasteiger partial charge in [0.25, 0.3) is 5.56 Å². The lowest BCUT2D eigenvalue weighted by Crippen LogP contribution is -2.19. The molecule has 1 aromatic carbocycles. The number of nitrogen functional groups attached to an aromatic ring is 1. The van der Waals surface area contributed by atoms with Crippen LogP contribution in [0.5, 0.6) is 0 Å². The lowest BCUT2D eigenvalue weighted by molar-refractivity contribution is 0.762. The van der Waals surface area contributed by atoms with Gasteiger partial charge in [0.1, 0.15) is 11.5 Å². The first-order chi connectivity index (χ1) is 12.6. The zero-order chi connectivity index (χ0) is 18.3. The number of anilines is 1. The van der Waals surface area contributed by atoms with Crippen molar-refractivity contribution in [3.63, 3.8) is 0 Å². The predicted molar refractivity (Wildman–Crippen MR) is 104 cm³/mol. The molecule has 0 saturated heterocycles. The Labute approximate surface area is 150 Å². The van der Waals surface area contributed by atoms with Gasteiger partial charge >= 0.3 is 0 Å². The van der Waals surface area contributed by atoms with Gasteiger partial charge in [0.2, 0.25) is 0 Å². The number of aryl methyl sites for hydroxylation is 2. The molecule has 3 aromatic heterocycles. The summed E-state index contributed by atoms with van der Waals surface area (Å²) in [6.45, 7) is 2.16. The van der Waals surface area contributed by atoms with Crippen molar-refractivity contribution >= 4 is 22.4 Å². The Morgan fingerprint density at radius 2 is 1.92 bits per heavy atom. The molecule has 4 rings (SSSR count). The summed E-state index contributed by atoms with van der Waals surface area (Å²) >= 11 is 0. The van der Waals surface area contributed by atoms with E-state index in [9.17, 15) is 4.79 Å². The van der Waals surface area contributed by atoms with Crippen LogP contribution in [0.25, 0.3) is 27.7 Å². The molecule has 0 radical (unpaired) electrons. The Bertz CT molecular complexity index is 1150. The van der Waals surface area contributed by atoms with Crippen molar-refractivity contribution in [1.29, 1.82) is 0 Å². The maximum Gasteiger partial charge on any atom is 0.261 e. The summed E-state index contributed by atoms with van der Waals surface area (Å²) in [7, 11) is 1.79. The van der Waals surface area contributed by atoms with E-state index < -0.39 is 0 Å². The molecule has 0 saturated carbocycles. The van der Waals surface area contributed by atoms with Crippen molar-refractivity contribution < 1.29 is 0 Å². The van der Waals surface area contributed by atoms with Gasteiger partial charge in [-0.3, -0.25) is 9.36 Å². The van der Waals surface area contributed by atoms with Gasteiger partial charge in [0.05, 0.1) is 16.6 Å². The Morgan fingerprint density at radius 3 is 2.65 bits per heavy atom. The number of nitrogens with two attached hydrogens (primary N) is 1. The number of fused-ring (bicyclic) bond motifs is 3. The molecule has 0 unspecified atom stereocenters. The molecule has 0 spiro atoms. The van der Waals surface area contributed by atoms with Gasteiger partial charge in [-0.05, 0) is 42.7 Å². The second-order valence-electron chi connectivity index (χ2n) is 6.58. The molecule has 4 aromatic rings. The van der Waals surface area contributed by atoms with Gasteiger partial charge in [-0.1, -0.05) is 19.4 Å². The van der Waals surface area contributed by atoms with Crippen LogP contribution < -0.4 is 11.3 Å². The van der Waals surface area contributed by atoms with Gasteiger partial charge in [0.15, 0.2) is 0 Å². The molecule has 0 fully saturated rings. The average Bonchev–Trinajstić information content (AvgIpc) is 3.09. The number of aromatic nitrogens is 4. The summed E-state index contributed by atoms with van der Waals surface area (Å²) in [4.78, 5) is 16.9. The first-order valence-electron chi connectivity index (χ1n) is 8.82. The third kappa shape index (κ3) is 2.63. The van der Waals surface area contributed by atoms with Gasteiger partial charge in [-0.2, -0.15) is 5.10 Å². The second kappa shape index (κ2) is 6.29. The van der Waals surface area contributed by atoms with Gasteiger partial charge in [-0.25, -0.2) is 9.50 Å². The fourth-order valence-electron chi connectivity index (χ4n) is 3.24. The van der Waals surface area contributed by atoms with Crippen LogP contribution in [0.3, 0.4) is 0 Å². The number of rotatable bonds is 4. The number of hydrogen-bond acceptors (Lipinski definition) is 4. The quantitative estimate of drug-likeness (QED) is 0.615. The standard InChI is InChI=1S/C20H21N5O/c1-3-4-5-15-11-19-24(2)20(26)16-8-6-13(10-17(16)25(19)23-15)14-7-9-18(21)22-12-14/h6-12H,3-5H2,1-2H3,(H2,21,22). The summed E-state index contributed by atoms with van der Waals surface area (Å²) in [5.41, 5.74) is 10.2. The number of nitrogens with zero attached hydrogens (tertiary/aromatic N) is 4. The third-order valence-corrected chi connectivity index (χ3v) is 4.75. The topological polar surface area (TPSA) is 78.2 Å². The van der Waals surface area contributed by atoms with Crippen molar-refractivity contribution in [3.8, 4) is 11.1 Å². The molecule has 6 nitrogen and oxygen atoms in total. The summed E-state index contributed by atoms with van der Waals surface area (Å²) in [5.74, 6) is 0.485. The minimum atomic E-state index is -0.0172. The molecule has 3 heterocycles. The predicted octanol–water partition coefficient (Wildman–Crippen LogP) is 3.17. The molecular formula is C20H21N5O. The molecular weight excluding hydrogens is 326 g/mol. The highest BCUT2D eigenvalue weighted by molar-refractivity contribution is 5.85. The molecule has 0 bridgehead atoms. The Morgan fingerprint density at radius 1 is 1.12 bits per heavy atom. The highest BCUT2D eigenvalue weighted by atomic mass is 16.1. The summed E-state index contributed by atoms with van der Waals surface area (Å²) in [6.07, 6.45) is 4.85. The number of benzene rings is 1. The van der Waals surface area contributed by atoms with Crippen molar-refractivity contribution in [2.75, 3.05) is 5.73 Å². The number of hydrogen-bond donors (Lipinski definition) is 1. The molecule has 26 heavy (non-hydrogen) atoms. The van der Waals surface area contributed by atoms with E-state index in [1.165, 1.54) is 0 Å². The summed E-state index contributed by atoms with van der Waals surface area (Å²) in [5, 5.41) is 5.40. The SMILES string of the molecule is CCCCc1cc2n(C)c(=O)c3ccc(-c4ccc(N)nc4)cc3n2n1. The molecule has 0 aliphatic rings. The first kappa shape index (κ1) is 16.3. The van der Waals surface area contributed by atoms with Crippen molar-refractivity contribution in [2.24, 2.45) is 7.05 Å². The van der Waals surface area contributed by atoms with Gasteiger partial charge < -0.3 is 5.73 Å². The van der Waals surface area contributed by atoms with Crippen LogP contribution in [0.15, 0.2) is 47.4 Å². The monoisotopic (exact) mass is 347 g/mol. The largest absolute Gasteiger partial charge is 0.384 e. The van der Waals surface area contributed by atoms with Crippen LogP contribution in [-0.4, -0.2) is 19.2 Å². The number of unbranched alkanes of at least 4 members (excludes halogenated alkanes) is 1. The molecule has 132 valence electrons. The fraction of sp³-hybridized carbons (Fsp3) is 0.250. The van der Waals surface area contributed by atoms with E-state index in [-0.39, 0.29) is 5.56 Å². The van der Waals surface area contributed by atoms with Crippen LogP contribution in [0.2, 0.25) is 0 Å². The van der Waals surface area contributed by atoms with Crippen LogP contribution in [0, 0.1) is 0 Å². The number of pyridine rings is 1. The lowest BCUT2D eigenvalue weighted by atomic mass is 10.1. The van der Waals surface area contributed by atoms with Crippen LogP contribution in [0.4, 0.5) is 5.82 Å². The Kier molecular flexibility index (Phi) is 3.95. The maximum atomic E-state index is 12.8. The Hall–Kier alpha value is -3.15. The zero-order valence-corrected chi connectivity index (χ0v) is 14.9. The molecule has 2 N–H and O–H groups in total. The fourth-order valence-corrected chi connectivity index (χ4v) is 3.24. The van der Waals surface area contributed by atoms with E-state index in [1.54, 1.807) is 23.9 Å². The van der Waals surface area contributed by atoms with Crippen LogP contribution in [-0.2, 0) is 13.5 Å². The highest BCUT2D eigenvalue weighted by Crippen LogP contribution is 2.24. The molecule has 0 atom stereocenters.